The molecule has 0 saturated heterocycles. The van der Waals surface area contributed by atoms with Gasteiger partial charge in [0, 0.05) is 11.3 Å². The first-order valence-corrected chi connectivity index (χ1v) is 7.26. The van der Waals surface area contributed by atoms with Crippen LogP contribution >= 0.6 is 0 Å². The number of hydrogen-bond donors (Lipinski definition) is 1. The largest absolute Gasteiger partial charge is 0.449 e. The Morgan fingerprint density at radius 3 is 2.25 bits per heavy atom. The molecule has 124 valence electrons. The van der Waals surface area contributed by atoms with E-state index in [2.05, 4.69) is 5.32 Å². The van der Waals surface area contributed by atoms with Crippen LogP contribution in [0.25, 0.3) is 0 Å². The van der Waals surface area contributed by atoms with Crippen LogP contribution in [0.2, 0.25) is 0 Å². The number of ether oxygens (including phenoxy) is 1. The van der Waals surface area contributed by atoms with Crippen molar-refractivity contribution in [3.05, 3.63) is 65.5 Å². The molecule has 6 heteroatoms. The standard InChI is InChI=1S/C18H16FNO4/c1-11(21)13-7-9-14(10-8-13)20-17(22)12(2)24-18(23)15-5-3-4-6-16(15)19/h3-10,12H,1-2H3,(H,20,22)/t12-/m1/s1. The second kappa shape index (κ2) is 7.50. The highest BCUT2D eigenvalue weighted by atomic mass is 19.1. The maximum absolute atomic E-state index is 13.5. The fraction of sp³-hybridized carbons (Fsp3) is 0.167. The summed E-state index contributed by atoms with van der Waals surface area (Å²) in [6.07, 6.45) is -1.11. The summed E-state index contributed by atoms with van der Waals surface area (Å²) < 4.78 is 18.5. The summed E-state index contributed by atoms with van der Waals surface area (Å²) >= 11 is 0. The van der Waals surface area contributed by atoms with Crippen molar-refractivity contribution >= 4 is 23.3 Å². The molecular formula is C18H16FNO4. The zero-order valence-corrected chi connectivity index (χ0v) is 13.2. The minimum Gasteiger partial charge on any atom is -0.449 e. The van der Waals surface area contributed by atoms with Crippen LogP contribution in [0, 0.1) is 5.82 Å². The molecule has 0 fully saturated rings. The molecule has 0 aliphatic rings. The van der Waals surface area contributed by atoms with Crippen molar-refractivity contribution in [1.29, 1.82) is 0 Å². The summed E-state index contributed by atoms with van der Waals surface area (Å²) in [5.74, 6) is -2.27. The maximum Gasteiger partial charge on any atom is 0.341 e. The summed E-state index contributed by atoms with van der Waals surface area (Å²) in [5.41, 5.74) is 0.744. The van der Waals surface area contributed by atoms with Crippen LogP contribution in [0.3, 0.4) is 0 Å². The fourth-order valence-electron chi connectivity index (χ4n) is 1.94. The van der Waals surface area contributed by atoms with Crippen molar-refractivity contribution in [2.75, 3.05) is 5.32 Å². The number of anilines is 1. The molecule has 0 saturated carbocycles. The molecule has 0 unspecified atom stereocenters. The van der Waals surface area contributed by atoms with Gasteiger partial charge >= 0.3 is 5.97 Å². The molecule has 0 aliphatic heterocycles. The molecule has 1 N–H and O–H groups in total. The molecule has 2 rings (SSSR count). The van der Waals surface area contributed by atoms with Crippen LogP contribution in [-0.2, 0) is 9.53 Å². The molecule has 0 aromatic heterocycles. The third kappa shape index (κ3) is 4.25. The summed E-state index contributed by atoms with van der Waals surface area (Å²) in [7, 11) is 0. The number of esters is 1. The van der Waals surface area contributed by atoms with Gasteiger partial charge in [-0.15, -0.1) is 0 Å². The molecule has 0 radical (unpaired) electrons. The smallest absolute Gasteiger partial charge is 0.341 e. The Labute approximate surface area is 138 Å². The minimum absolute atomic E-state index is 0.0833. The maximum atomic E-state index is 13.5. The number of amides is 1. The van der Waals surface area contributed by atoms with E-state index in [1.807, 2.05) is 0 Å². The second-order valence-corrected chi connectivity index (χ2v) is 5.15. The summed E-state index contributed by atoms with van der Waals surface area (Å²) in [6.45, 7) is 2.83. The van der Waals surface area contributed by atoms with Crippen molar-refractivity contribution in [2.45, 2.75) is 20.0 Å². The fourth-order valence-corrected chi connectivity index (χ4v) is 1.94. The highest BCUT2D eigenvalue weighted by Gasteiger charge is 2.21. The van der Waals surface area contributed by atoms with E-state index in [-0.39, 0.29) is 11.3 Å². The van der Waals surface area contributed by atoms with Gasteiger partial charge < -0.3 is 10.1 Å². The Morgan fingerprint density at radius 1 is 1.04 bits per heavy atom. The summed E-state index contributed by atoms with van der Waals surface area (Å²) in [5, 5.41) is 2.56. The van der Waals surface area contributed by atoms with Gasteiger partial charge in [-0.2, -0.15) is 0 Å². The summed E-state index contributed by atoms with van der Waals surface area (Å²) in [6, 6.07) is 11.7. The van der Waals surface area contributed by atoms with Crippen molar-refractivity contribution in [2.24, 2.45) is 0 Å². The number of carbonyl (C=O) groups excluding carboxylic acids is 3. The Bertz CT molecular complexity index is 771. The molecule has 2 aromatic rings. The third-order valence-electron chi connectivity index (χ3n) is 3.31. The quantitative estimate of drug-likeness (QED) is 0.675. The second-order valence-electron chi connectivity index (χ2n) is 5.15. The first kappa shape index (κ1) is 17.3. The zero-order chi connectivity index (χ0) is 17.7. The SMILES string of the molecule is CC(=O)c1ccc(NC(=O)[C@@H](C)OC(=O)c2ccccc2F)cc1. The molecule has 0 bridgehead atoms. The number of hydrogen-bond acceptors (Lipinski definition) is 4. The number of benzene rings is 2. The monoisotopic (exact) mass is 329 g/mol. The van der Waals surface area contributed by atoms with Crippen molar-refractivity contribution in [3.63, 3.8) is 0 Å². The van der Waals surface area contributed by atoms with Crippen LogP contribution < -0.4 is 5.32 Å². The van der Waals surface area contributed by atoms with Crippen molar-refractivity contribution in [1.82, 2.24) is 0 Å². The molecule has 24 heavy (non-hydrogen) atoms. The van der Waals surface area contributed by atoms with E-state index < -0.39 is 23.8 Å². The molecule has 1 amide bonds. The van der Waals surface area contributed by atoms with E-state index in [1.165, 1.54) is 32.0 Å². The van der Waals surface area contributed by atoms with Crippen LogP contribution in [-0.4, -0.2) is 23.8 Å². The highest BCUT2D eigenvalue weighted by molar-refractivity contribution is 5.98. The van der Waals surface area contributed by atoms with Gasteiger partial charge in [-0.05, 0) is 50.2 Å². The topological polar surface area (TPSA) is 72.5 Å². The third-order valence-corrected chi connectivity index (χ3v) is 3.31. The van der Waals surface area contributed by atoms with Gasteiger partial charge in [0.2, 0.25) is 0 Å². The van der Waals surface area contributed by atoms with E-state index in [0.29, 0.717) is 11.3 Å². The Balaban J connectivity index is 1.98. The Morgan fingerprint density at radius 2 is 1.67 bits per heavy atom. The van der Waals surface area contributed by atoms with Crippen LogP contribution in [0.4, 0.5) is 10.1 Å². The van der Waals surface area contributed by atoms with Crippen molar-refractivity contribution < 1.29 is 23.5 Å². The van der Waals surface area contributed by atoms with Gasteiger partial charge in [-0.3, -0.25) is 9.59 Å². The molecule has 0 aliphatic carbocycles. The molecule has 0 heterocycles. The van der Waals surface area contributed by atoms with Gasteiger partial charge in [0.15, 0.2) is 11.9 Å². The number of halogens is 1. The van der Waals surface area contributed by atoms with E-state index in [4.69, 9.17) is 4.74 Å². The predicted molar refractivity (Wildman–Crippen MR) is 86.4 cm³/mol. The minimum atomic E-state index is -1.11. The van der Waals surface area contributed by atoms with Gasteiger partial charge in [0.1, 0.15) is 5.82 Å². The Hall–Kier alpha value is -3.02. The molecular weight excluding hydrogens is 313 g/mol. The zero-order valence-electron chi connectivity index (χ0n) is 13.2. The number of ketones is 1. The van der Waals surface area contributed by atoms with Crippen LogP contribution in [0.15, 0.2) is 48.5 Å². The van der Waals surface area contributed by atoms with E-state index >= 15 is 0 Å². The average molecular weight is 329 g/mol. The van der Waals surface area contributed by atoms with E-state index in [1.54, 1.807) is 24.3 Å². The lowest BCUT2D eigenvalue weighted by molar-refractivity contribution is -0.123. The normalized spacial score (nSPS) is 11.5. The van der Waals surface area contributed by atoms with Gasteiger partial charge in [-0.25, -0.2) is 9.18 Å². The molecule has 5 nitrogen and oxygen atoms in total. The van der Waals surface area contributed by atoms with Gasteiger partial charge in [0.25, 0.3) is 5.91 Å². The molecule has 1 atom stereocenters. The van der Waals surface area contributed by atoms with E-state index in [0.717, 1.165) is 6.07 Å². The highest BCUT2D eigenvalue weighted by Crippen LogP contribution is 2.13. The molecule has 2 aromatic carbocycles. The van der Waals surface area contributed by atoms with Gasteiger partial charge in [0.05, 0.1) is 5.56 Å². The number of nitrogens with one attached hydrogen (secondary N) is 1. The Kier molecular flexibility index (Phi) is 5.42. The predicted octanol–water partition coefficient (Wildman–Crippen LogP) is 3.21. The van der Waals surface area contributed by atoms with Crippen LogP contribution in [0.5, 0.6) is 0 Å². The number of Topliss-reactive ketones (excluding diaryl/α,β-unsaturated/α-hetero) is 1. The summed E-state index contributed by atoms with van der Waals surface area (Å²) in [4.78, 5) is 35.1. The lowest BCUT2D eigenvalue weighted by Crippen LogP contribution is -2.30. The lowest BCUT2D eigenvalue weighted by atomic mass is 10.1. The van der Waals surface area contributed by atoms with Gasteiger partial charge in [-0.1, -0.05) is 12.1 Å². The van der Waals surface area contributed by atoms with E-state index in [9.17, 15) is 18.8 Å². The first-order chi connectivity index (χ1) is 11.4. The molecule has 0 spiro atoms. The average Bonchev–Trinajstić information content (AvgIpc) is 2.55. The van der Waals surface area contributed by atoms with Crippen LogP contribution in [0.1, 0.15) is 34.6 Å². The number of carbonyl (C=O) groups is 3. The van der Waals surface area contributed by atoms with Crippen molar-refractivity contribution in [3.8, 4) is 0 Å². The number of rotatable bonds is 5. The lowest BCUT2D eigenvalue weighted by Gasteiger charge is -2.14. The first-order valence-electron chi connectivity index (χ1n) is 7.26.